The number of hydrogen-bond donors (Lipinski definition) is 6. The van der Waals surface area contributed by atoms with Crippen molar-refractivity contribution in [3.05, 3.63) is 24.3 Å². The highest BCUT2D eigenvalue weighted by molar-refractivity contribution is 5.85. The summed E-state index contributed by atoms with van der Waals surface area (Å²) < 4.78 is 7.78. The van der Waals surface area contributed by atoms with Crippen LogP contribution in [0.15, 0.2) is 24.3 Å². The molecule has 0 aromatic heterocycles. The highest BCUT2D eigenvalue weighted by Gasteiger charge is 1.91. The first-order chi connectivity index (χ1) is 12.6. The molecule has 0 saturated heterocycles. The van der Waals surface area contributed by atoms with Gasteiger partial charge < -0.3 is 41.4 Å². The number of hydrogen-bond acceptors (Lipinski definition) is 8. The summed E-state index contributed by atoms with van der Waals surface area (Å²) in [7, 11) is 2.45. The second-order valence-electron chi connectivity index (χ2n) is 4.58. The van der Waals surface area contributed by atoms with Gasteiger partial charge in [-0.2, -0.15) is 0 Å². The van der Waals surface area contributed by atoms with Crippen molar-refractivity contribution in [2.75, 3.05) is 20.8 Å². The van der Waals surface area contributed by atoms with Crippen molar-refractivity contribution in [1.29, 1.82) is 0 Å². The van der Waals surface area contributed by atoms with Gasteiger partial charge in [0, 0.05) is 17.8 Å². The molecule has 0 aliphatic rings. The van der Waals surface area contributed by atoms with Crippen LogP contribution in [0.2, 0.25) is 0 Å². The fourth-order valence-corrected chi connectivity index (χ4v) is 0.187. The van der Waals surface area contributed by atoms with Gasteiger partial charge in [0.1, 0.15) is 0 Å². The van der Waals surface area contributed by atoms with Crippen LogP contribution in [0.5, 0.6) is 0 Å². The number of carbonyl (C=O) groups excluding carboxylic acids is 2. The van der Waals surface area contributed by atoms with Crippen molar-refractivity contribution in [1.82, 2.24) is 0 Å². The zero-order valence-electron chi connectivity index (χ0n) is 16.8. The first-order valence-electron chi connectivity index (χ1n) is 7.33. The summed E-state index contributed by atoms with van der Waals surface area (Å²) in [5.41, 5.74) is 9.21. The molecule has 0 rings (SSSR count). The molecule has 2 amide bonds. The van der Waals surface area contributed by atoms with E-state index in [1.807, 2.05) is 0 Å². The maximum atomic E-state index is 9.60. The molecule has 12 nitrogen and oxygen atoms in total. The Balaban J connectivity index is -0.0000000180. The molecule has 0 saturated carbocycles. The summed E-state index contributed by atoms with van der Waals surface area (Å²) >= 11 is 0. The van der Waals surface area contributed by atoms with Gasteiger partial charge in [-0.05, 0) is 27.2 Å². The van der Waals surface area contributed by atoms with E-state index in [0.717, 1.165) is 0 Å². The molecule has 0 radical (unpaired) electrons. The van der Waals surface area contributed by atoms with Gasteiger partial charge in [-0.25, -0.2) is 19.2 Å². The van der Waals surface area contributed by atoms with Crippen LogP contribution < -0.4 is 11.5 Å². The van der Waals surface area contributed by atoms with Crippen LogP contribution >= 0.6 is 0 Å². The highest BCUT2D eigenvalue weighted by Crippen LogP contribution is 1.83. The molecule has 12 heteroatoms. The molecule has 0 aromatic carbocycles. The molecule has 0 aliphatic carbocycles. The lowest BCUT2D eigenvalue weighted by Gasteiger charge is -1.95. The van der Waals surface area contributed by atoms with E-state index in [9.17, 15) is 19.2 Å². The minimum atomic E-state index is -0.935. The van der Waals surface area contributed by atoms with Crippen molar-refractivity contribution in [2.45, 2.75) is 85.3 Å². The summed E-state index contributed by atoms with van der Waals surface area (Å²) in [4.78, 5) is 37.9. The van der Waals surface area contributed by atoms with Crippen LogP contribution in [0.3, 0.4) is 0 Å². The number of carbonyl (C=O) groups is 4. The van der Waals surface area contributed by atoms with E-state index in [-0.39, 0.29) is 75.8 Å². The normalized spacial score (nSPS) is 6.94. The Kier molecular flexibility index (Phi) is 127. The van der Waals surface area contributed by atoms with Crippen molar-refractivity contribution in [3.8, 4) is 0 Å². The maximum Gasteiger partial charge on any atom is 0.404 e. The number of nitrogens with two attached hydrogens (primary N) is 2. The molecule has 0 spiro atoms. The van der Waals surface area contributed by atoms with E-state index in [0.29, 0.717) is 6.42 Å². The number of aliphatic hydroxyl groups excluding tert-OH is 2. The van der Waals surface area contributed by atoms with Crippen LogP contribution in [-0.2, 0) is 19.1 Å². The standard InChI is InChI=1S/C4H10O2.2C4H6O2.2C2H5NO2.7CH4/c1-4(6)2-3-5;2*1-3(2)4(5)6;2*1-5-2(3)4;;;;;;;/h4-6H,2-3H2,1H3;2*1H2,2H3,(H,5,6);2*1H3,(H2,3,4);7*1H4. The van der Waals surface area contributed by atoms with Gasteiger partial charge in [-0.15, -0.1) is 0 Å². The molecule has 222 valence electrons. The third-order valence-electron chi connectivity index (χ3n) is 1.68. The van der Waals surface area contributed by atoms with E-state index in [1.54, 1.807) is 6.92 Å². The van der Waals surface area contributed by atoms with E-state index in [2.05, 4.69) is 34.1 Å². The van der Waals surface area contributed by atoms with Crippen LogP contribution in [0.1, 0.15) is 79.2 Å². The van der Waals surface area contributed by atoms with Crippen molar-refractivity contribution in [3.63, 3.8) is 0 Å². The first kappa shape index (κ1) is 76.9. The van der Waals surface area contributed by atoms with Crippen LogP contribution in [0.4, 0.5) is 9.59 Å². The molecule has 1 unspecified atom stereocenters. The average Bonchev–Trinajstić information content (AvgIpc) is 2.56. The number of ether oxygens (including phenoxy) is 2. The summed E-state index contributed by atoms with van der Waals surface area (Å²) in [6.07, 6.45) is -1.36. The van der Waals surface area contributed by atoms with Gasteiger partial charge >= 0.3 is 24.1 Å². The number of amides is 2. The predicted octanol–water partition coefficient (Wildman–Crippen LogP) is 4.92. The second kappa shape index (κ2) is 57.6. The lowest BCUT2D eigenvalue weighted by Crippen LogP contribution is -2.08. The molecule has 0 heterocycles. The topological polar surface area (TPSA) is 220 Å². The molecule has 35 heavy (non-hydrogen) atoms. The average molecular weight is 525 g/mol. The smallest absolute Gasteiger partial charge is 0.404 e. The SMILES string of the molecule is C.C.C.C.C.C.C.C=C(C)C(=O)O.C=C(C)C(=O)O.CC(O)CCO.COC(N)=O.COC(N)=O. The zero-order valence-corrected chi connectivity index (χ0v) is 16.8. The molecule has 0 bridgehead atoms. The van der Waals surface area contributed by atoms with Gasteiger partial charge in [0.25, 0.3) is 0 Å². The fraction of sp³-hybridized carbons (Fsp3) is 0.652. The van der Waals surface area contributed by atoms with Gasteiger partial charge in [-0.1, -0.05) is 65.1 Å². The summed E-state index contributed by atoms with van der Waals surface area (Å²) in [5, 5.41) is 32.3. The Morgan fingerprint density at radius 1 is 0.743 bits per heavy atom. The summed E-state index contributed by atoms with van der Waals surface area (Å²) in [6.45, 7) is 10.9. The molecule has 0 fully saturated rings. The van der Waals surface area contributed by atoms with E-state index >= 15 is 0 Å². The van der Waals surface area contributed by atoms with Crippen molar-refractivity contribution >= 4 is 24.1 Å². The number of aliphatic hydroxyl groups is 2. The number of rotatable bonds is 4. The molecule has 0 aliphatic heterocycles. The second-order valence-corrected chi connectivity index (χ2v) is 4.58. The monoisotopic (exact) mass is 524 g/mol. The summed E-state index contributed by atoms with van der Waals surface area (Å²) in [6, 6.07) is 0. The molecule has 8 N–H and O–H groups in total. The first-order valence-corrected chi connectivity index (χ1v) is 7.33. The van der Waals surface area contributed by atoms with Crippen LogP contribution in [-0.4, -0.2) is 71.5 Å². The van der Waals surface area contributed by atoms with E-state index < -0.39 is 24.1 Å². The number of carboxylic acids is 2. The minimum absolute atomic E-state index is 0. The zero-order chi connectivity index (χ0) is 23.9. The lowest BCUT2D eigenvalue weighted by molar-refractivity contribution is -0.133. The van der Waals surface area contributed by atoms with Crippen molar-refractivity contribution < 1.29 is 49.1 Å². The number of primary amides is 2. The minimum Gasteiger partial charge on any atom is -0.478 e. The summed E-state index contributed by atoms with van der Waals surface area (Å²) in [5.74, 6) is -1.87. The Hall–Kier alpha value is -3.12. The Morgan fingerprint density at radius 2 is 0.886 bits per heavy atom. The maximum absolute atomic E-state index is 9.60. The van der Waals surface area contributed by atoms with Gasteiger partial charge in [0.05, 0.1) is 20.3 Å². The Labute approximate surface area is 215 Å². The Morgan fingerprint density at radius 3 is 0.886 bits per heavy atom. The number of methoxy groups -OCH3 is 2. The van der Waals surface area contributed by atoms with Crippen LogP contribution in [0.25, 0.3) is 0 Å². The Bertz CT molecular complexity index is 419. The molecular weight excluding hydrogens is 464 g/mol. The van der Waals surface area contributed by atoms with Gasteiger partial charge in [0.15, 0.2) is 0 Å². The van der Waals surface area contributed by atoms with E-state index in [4.69, 9.17) is 20.4 Å². The molecular formula is C23H60N2O10. The third kappa shape index (κ3) is 182. The fourth-order valence-electron chi connectivity index (χ4n) is 0.187. The van der Waals surface area contributed by atoms with E-state index in [1.165, 1.54) is 28.1 Å². The molecule has 0 aromatic rings. The van der Waals surface area contributed by atoms with Crippen molar-refractivity contribution in [2.24, 2.45) is 11.5 Å². The lowest BCUT2D eigenvalue weighted by atomic mass is 10.3. The largest absolute Gasteiger partial charge is 0.478 e. The van der Waals surface area contributed by atoms with Gasteiger partial charge in [0.2, 0.25) is 0 Å². The number of aliphatic carboxylic acids is 2. The van der Waals surface area contributed by atoms with Gasteiger partial charge in [-0.3, -0.25) is 0 Å². The third-order valence-corrected chi connectivity index (χ3v) is 1.68. The predicted molar refractivity (Wildman–Crippen MR) is 149 cm³/mol. The number of carboxylic acid groups (broad SMARTS) is 2. The van der Waals surface area contributed by atoms with Crippen LogP contribution in [0, 0.1) is 0 Å². The quantitative estimate of drug-likeness (QED) is 0.272. The highest BCUT2D eigenvalue weighted by atomic mass is 16.5. The molecule has 1 atom stereocenters.